The van der Waals surface area contributed by atoms with Gasteiger partial charge in [-0.15, -0.1) is 12.4 Å². The Balaban J connectivity index is 0.00000481. The number of aryl methyl sites for hydroxylation is 1. The lowest BCUT2D eigenvalue weighted by atomic mass is 9.99. The fraction of sp³-hybridized carbons (Fsp3) is 0.500. The zero-order valence-corrected chi connectivity index (χ0v) is 23.1. The molecule has 37 heavy (non-hydrogen) atoms. The number of rotatable bonds is 12. The molecule has 1 heterocycles. The van der Waals surface area contributed by atoms with Crippen LogP contribution in [0.4, 0.5) is 0 Å². The van der Waals surface area contributed by atoms with E-state index in [2.05, 4.69) is 59.5 Å². The number of hydrogen-bond donors (Lipinski definition) is 3. The molecule has 0 radical (unpaired) electrons. The van der Waals surface area contributed by atoms with E-state index in [0.717, 1.165) is 48.5 Å². The number of ether oxygens (including phenoxy) is 2. The molecule has 0 atom stereocenters. The summed E-state index contributed by atoms with van der Waals surface area (Å²) in [4.78, 5) is 16.8. The molecular formula is C28H42ClN5O3. The summed E-state index contributed by atoms with van der Waals surface area (Å²) in [5.74, 6) is 0.198. The van der Waals surface area contributed by atoms with Crippen molar-refractivity contribution in [2.75, 3.05) is 47.5 Å². The smallest absolute Gasteiger partial charge is 0.226 e. The zero-order chi connectivity index (χ0) is 25.9. The maximum Gasteiger partial charge on any atom is 0.226 e. The predicted octanol–water partition coefficient (Wildman–Crippen LogP) is 3.66. The predicted molar refractivity (Wildman–Crippen MR) is 151 cm³/mol. The van der Waals surface area contributed by atoms with Crippen LogP contribution in [-0.2, 0) is 22.5 Å². The largest absolute Gasteiger partial charge is 0.493 e. The van der Waals surface area contributed by atoms with Gasteiger partial charge in [0.25, 0.3) is 0 Å². The SMILES string of the molecule is COCCCOc1cc(CCC(=O)NC(=N)N)ccc1-c1ccc(CN2CCC(N(C)C)CC2)cc1.Cl. The zero-order valence-electron chi connectivity index (χ0n) is 22.3. The molecule has 0 unspecified atom stereocenters. The molecule has 4 N–H and O–H groups in total. The highest BCUT2D eigenvalue weighted by Gasteiger charge is 2.20. The van der Waals surface area contributed by atoms with Gasteiger partial charge >= 0.3 is 0 Å². The normalized spacial score (nSPS) is 14.3. The van der Waals surface area contributed by atoms with E-state index >= 15 is 0 Å². The Morgan fingerprint density at radius 2 is 1.78 bits per heavy atom. The first kappa shape index (κ1) is 30.6. The Hall–Kier alpha value is -2.65. The summed E-state index contributed by atoms with van der Waals surface area (Å²) in [6, 6.07) is 15.5. The van der Waals surface area contributed by atoms with E-state index in [1.807, 2.05) is 12.1 Å². The number of nitrogens with two attached hydrogens (primary N) is 1. The fourth-order valence-electron chi connectivity index (χ4n) is 4.58. The standard InChI is InChI=1S/C28H41N5O3.ClH/c1-32(2)24-13-15-33(16-14-24)20-22-5-9-23(10-6-22)25-11-7-21(8-12-27(34)31-28(29)30)19-26(25)36-18-4-17-35-3;/h5-7,9-11,19,24H,4,8,12-18,20H2,1-3H3,(H4,29,30,31,34);1H. The second-order valence-corrected chi connectivity index (χ2v) is 9.66. The first-order valence-corrected chi connectivity index (χ1v) is 12.7. The molecule has 2 aromatic carbocycles. The van der Waals surface area contributed by atoms with Crippen molar-refractivity contribution in [1.29, 1.82) is 5.41 Å². The maximum absolute atomic E-state index is 11.9. The van der Waals surface area contributed by atoms with Crippen molar-refractivity contribution in [2.24, 2.45) is 5.73 Å². The topological polar surface area (TPSA) is 104 Å². The summed E-state index contributed by atoms with van der Waals surface area (Å²) in [6.07, 6.45) is 4.03. The second kappa shape index (κ2) is 15.6. The first-order valence-electron chi connectivity index (χ1n) is 12.7. The number of benzene rings is 2. The Morgan fingerprint density at radius 3 is 2.41 bits per heavy atom. The Bertz CT molecular complexity index is 992. The fourth-order valence-corrected chi connectivity index (χ4v) is 4.58. The van der Waals surface area contributed by atoms with Gasteiger partial charge in [-0.05, 0) is 69.2 Å². The third-order valence-corrected chi connectivity index (χ3v) is 6.67. The molecule has 1 saturated heterocycles. The number of nitrogens with one attached hydrogen (secondary N) is 2. The van der Waals surface area contributed by atoms with Crippen LogP contribution in [-0.4, -0.2) is 75.2 Å². The van der Waals surface area contributed by atoms with Crippen molar-refractivity contribution in [3.8, 4) is 16.9 Å². The Morgan fingerprint density at radius 1 is 1.11 bits per heavy atom. The van der Waals surface area contributed by atoms with Crippen molar-refractivity contribution in [2.45, 2.75) is 44.7 Å². The molecule has 204 valence electrons. The van der Waals surface area contributed by atoms with E-state index in [1.54, 1.807) is 7.11 Å². The molecule has 1 aliphatic heterocycles. The molecule has 1 amide bonds. The van der Waals surface area contributed by atoms with Crippen molar-refractivity contribution < 1.29 is 14.3 Å². The van der Waals surface area contributed by atoms with Gasteiger partial charge in [-0.3, -0.25) is 20.4 Å². The summed E-state index contributed by atoms with van der Waals surface area (Å²) < 4.78 is 11.3. The van der Waals surface area contributed by atoms with E-state index in [0.29, 0.717) is 25.7 Å². The van der Waals surface area contributed by atoms with Crippen molar-refractivity contribution in [3.05, 3.63) is 53.6 Å². The Labute approximate surface area is 227 Å². The number of halogens is 1. The van der Waals surface area contributed by atoms with Crippen LogP contribution < -0.4 is 15.8 Å². The summed E-state index contributed by atoms with van der Waals surface area (Å²) in [5.41, 5.74) is 9.70. The van der Waals surface area contributed by atoms with E-state index in [4.69, 9.17) is 20.6 Å². The monoisotopic (exact) mass is 531 g/mol. The van der Waals surface area contributed by atoms with Gasteiger partial charge in [-0.1, -0.05) is 36.4 Å². The van der Waals surface area contributed by atoms with Crippen molar-refractivity contribution >= 4 is 24.3 Å². The highest BCUT2D eigenvalue weighted by Crippen LogP contribution is 2.32. The van der Waals surface area contributed by atoms with Crippen LogP contribution in [0.25, 0.3) is 11.1 Å². The number of amides is 1. The van der Waals surface area contributed by atoms with Gasteiger partial charge in [0.05, 0.1) is 6.61 Å². The van der Waals surface area contributed by atoms with E-state index in [9.17, 15) is 4.79 Å². The van der Waals surface area contributed by atoms with Gasteiger partial charge in [0, 0.05) is 44.7 Å². The van der Waals surface area contributed by atoms with E-state index < -0.39 is 0 Å². The maximum atomic E-state index is 11.9. The Kier molecular flexibility index (Phi) is 12.9. The highest BCUT2D eigenvalue weighted by molar-refractivity contribution is 5.94. The molecule has 0 spiro atoms. The molecule has 1 fully saturated rings. The minimum Gasteiger partial charge on any atom is -0.493 e. The lowest BCUT2D eigenvalue weighted by Crippen LogP contribution is -2.41. The minimum absolute atomic E-state index is 0. The molecule has 0 aromatic heterocycles. The van der Waals surface area contributed by atoms with Gasteiger partial charge in [0.2, 0.25) is 5.91 Å². The average molecular weight is 532 g/mol. The van der Waals surface area contributed by atoms with Crippen LogP contribution in [0, 0.1) is 5.41 Å². The van der Waals surface area contributed by atoms with Crippen LogP contribution in [0.15, 0.2) is 42.5 Å². The van der Waals surface area contributed by atoms with Crippen LogP contribution >= 0.6 is 12.4 Å². The minimum atomic E-state index is -0.334. The molecule has 2 aromatic rings. The van der Waals surface area contributed by atoms with Gasteiger partial charge in [-0.2, -0.15) is 0 Å². The number of nitrogens with zero attached hydrogens (tertiary/aromatic N) is 2. The molecule has 3 rings (SSSR count). The molecule has 1 aliphatic rings. The number of carbonyl (C=O) groups is 1. The summed E-state index contributed by atoms with van der Waals surface area (Å²) in [7, 11) is 6.03. The molecule has 0 aliphatic carbocycles. The first-order chi connectivity index (χ1) is 17.4. The molecular weight excluding hydrogens is 490 g/mol. The summed E-state index contributed by atoms with van der Waals surface area (Å²) in [6.45, 7) is 4.44. The molecule has 9 heteroatoms. The van der Waals surface area contributed by atoms with Crippen LogP contribution in [0.2, 0.25) is 0 Å². The summed E-state index contributed by atoms with van der Waals surface area (Å²) in [5, 5.41) is 9.52. The molecule has 0 bridgehead atoms. The molecule has 8 nitrogen and oxygen atoms in total. The van der Waals surface area contributed by atoms with Crippen LogP contribution in [0.1, 0.15) is 36.8 Å². The number of guanidine groups is 1. The third kappa shape index (κ3) is 9.97. The number of hydrogen-bond acceptors (Lipinski definition) is 6. The van der Waals surface area contributed by atoms with Crippen molar-refractivity contribution in [3.63, 3.8) is 0 Å². The van der Waals surface area contributed by atoms with E-state index in [-0.39, 0.29) is 30.7 Å². The quantitative estimate of drug-likeness (QED) is 0.219. The summed E-state index contributed by atoms with van der Waals surface area (Å²) >= 11 is 0. The van der Waals surface area contributed by atoms with Gasteiger partial charge in [0.1, 0.15) is 5.75 Å². The van der Waals surface area contributed by atoms with Crippen molar-refractivity contribution in [1.82, 2.24) is 15.1 Å². The van der Waals surface area contributed by atoms with Gasteiger partial charge < -0.3 is 20.1 Å². The number of likely N-dealkylation sites (tertiary alicyclic amines) is 1. The van der Waals surface area contributed by atoms with Crippen LogP contribution in [0.5, 0.6) is 5.75 Å². The lowest BCUT2D eigenvalue weighted by molar-refractivity contribution is -0.119. The lowest BCUT2D eigenvalue weighted by Gasteiger charge is -2.35. The molecule has 0 saturated carbocycles. The number of methoxy groups -OCH3 is 1. The average Bonchev–Trinajstić information content (AvgIpc) is 2.86. The number of piperidine rings is 1. The van der Waals surface area contributed by atoms with Gasteiger partial charge in [0.15, 0.2) is 5.96 Å². The van der Waals surface area contributed by atoms with E-state index in [1.165, 1.54) is 18.4 Å². The second-order valence-electron chi connectivity index (χ2n) is 9.66. The van der Waals surface area contributed by atoms with Crippen LogP contribution in [0.3, 0.4) is 0 Å². The highest BCUT2D eigenvalue weighted by atomic mass is 35.5. The van der Waals surface area contributed by atoms with Gasteiger partial charge in [-0.25, -0.2) is 0 Å². The number of carbonyl (C=O) groups excluding carboxylic acids is 1. The third-order valence-electron chi connectivity index (χ3n) is 6.67.